The first kappa shape index (κ1) is 27.9. The van der Waals surface area contributed by atoms with Crippen LogP contribution in [0.3, 0.4) is 0 Å². The predicted octanol–water partition coefficient (Wildman–Crippen LogP) is 4.12. The van der Waals surface area contributed by atoms with Crippen molar-refractivity contribution in [1.82, 2.24) is 15.5 Å². The van der Waals surface area contributed by atoms with Gasteiger partial charge in [-0.15, -0.1) is 12.4 Å². The van der Waals surface area contributed by atoms with E-state index in [0.717, 1.165) is 11.1 Å². The molecule has 2 amide bonds. The van der Waals surface area contributed by atoms with Crippen LogP contribution in [-0.2, 0) is 26.1 Å². The lowest BCUT2D eigenvalue weighted by Crippen LogP contribution is -2.49. The van der Waals surface area contributed by atoms with Crippen molar-refractivity contribution in [3.05, 3.63) is 99.1 Å². The number of fused-ring (bicyclic) bond motifs is 2. The molecule has 9 heteroatoms. The highest BCUT2D eigenvalue weighted by atomic mass is 35.5. The molecule has 2 unspecified atom stereocenters. The van der Waals surface area contributed by atoms with Crippen molar-refractivity contribution in [2.75, 3.05) is 13.2 Å². The molecule has 2 aliphatic rings. The van der Waals surface area contributed by atoms with Gasteiger partial charge in [-0.25, -0.2) is 0 Å². The molecule has 0 saturated heterocycles. The first-order valence-corrected chi connectivity index (χ1v) is 12.9. The van der Waals surface area contributed by atoms with Gasteiger partial charge in [0.15, 0.2) is 0 Å². The molecule has 2 aliphatic heterocycles. The fraction of sp³-hybridized carbons (Fsp3) is 0.310. The van der Waals surface area contributed by atoms with Gasteiger partial charge in [0.1, 0.15) is 5.75 Å². The minimum atomic E-state index is -0.753. The third-order valence-corrected chi connectivity index (χ3v) is 7.18. The first-order valence-electron chi connectivity index (χ1n) is 12.5. The van der Waals surface area contributed by atoms with E-state index in [1.165, 1.54) is 11.1 Å². The molecular formula is C29H31Cl2N3O4. The quantitative estimate of drug-likeness (QED) is 0.389. The van der Waals surface area contributed by atoms with Gasteiger partial charge in [0.2, 0.25) is 0 Å². The van der Waals surface area contributed by atoms with Gasteiger partial charge in [0, 0.05) is 42.8 Å². The van der Waals surface area contributed by atoms with Crippen molar-refractivity contribution < 1.29 is 19.4 Å². The van der Waals surface area contributed by atoms with Crippen molar-refractivity contribution in [1.29, 1.82) is 0 Å². The van der Waals surface area contributed by atoms with Gasteiger partial charge in [-0.1, -0.05) is 48.0 Å². The van der Waals surface area contributed by atoms with Gasteiger partial charge in [-0.3, -0.25) is 9.59 Å². The van der Waals surface area contributed by atoms with Crippen molar-refractivity contribution in [2.24, 2.45) is 0 Å². The Morgan fingerprint density at radius 3 is 2.71 bits per heavy atom. The van der Waals surface area contributed by atoms with Crippen molar-refractivity contribution in [3.8, 4) is 5.75 Å². The molecule has 0 radical (unpaired) electrons. The minimum Gasteiger partial charge on any atom is -0.493 e. The van der Waals surface area contributed by atoms with Crippen LogP contribution in [0.15, 0.2) is 60.7 Å². The maximum atomic E-state index is 13.2. The summed E-state index contributed by atoms with van der Waals surface area (Å²) in [6.45, 7) is 3.78. The van der Waals surface area contributed by atoms with Gasteiger partial charge < -0.3 is 25.4 Å². The molecule has 0 saturated carbocycles. The van der Waals surface area contributed by atoms with Crippen LogP contribution in [-0.4, -0.2) is 47.1 Å². The number of benzene rings is 3. The summed E-state index contributed by atoms with van der Waals surface area (Å²) >= 11 is 6.10. The van der Waals surface area contributed by atoms with Gasteiger partial charge in [0.05, 0.1) is 18.3 Å². The average Bonchev–Trinajstić information content (AvgIpc) is 3.20. The summed E-state index contributed by atoms with van der Waals surface area (Å²) in [5.41, 5.74) is 5.03. The Morgan fingerprint density at radius 1 is 1.16 bits per heavy atom. The van der Waals surface area contributed by atoms with Gasteiger partial charge in [-0.2, -0.15) is 0 Å². The third-order valence-electron chi connectivity index (χ3n) is 6.94. The van der Waals surface area contributed by atoms with Crippen molar-refractivity contribution in [3.63, 3.8) is 0 Å². The fourth-order valence-corrected chi connectivity index (χ4v) is 5.24. The smallest absolute Gasteiger partial charge is 0.255 e. The van der Waals surface area contributed by atoms with Crippen LogP contribution in [0.25, 0.3) is 0 Å². The van der Waals surface area contributed by atoms with Crippen LogP contribution in [0.2, 0.25) is 5.02 Å². The zero-order valence-corrected chi connectivity index (χ0v) is 22.6. The molecule has 0 spiro atoms. The van der Waals surface area contributed by atoms with Crippen LogP contribution in [0.5, 0.6) is 5.75 Å². The molecule has 2 atom stereocenters. The molecule has 200 valence electrons. The number of halogens is 2. The van der Waals surface area contributed by atoms with E-state index in [4.69, 9.17) is 16.3 Å². The molecule has 38 heavy (non-hydrogen) atoms. The number of hydrogen-bond acceptors (Lipinski definition) is 5. The summed E-state index contributed by atoms with van der Waals surface area (Å²) in [6, 6.07) is 18.8. The fourth-order valence-electron chi connectivity index (χ4n) is 5.02. The number of aliphatic hydroxyl groups is 1. The van der Waals surface area contributed by atoms with Crippen LogP contribution in [0, 0.1) is 0 Å². The Labute approximate surface area is 233 Å². The summed E-state index contributed by atoms with van der Waals surface area (Å²) in [6.07, 6.45) is -0.0575. The summed E-state index contributed by atoms with van der Waals surface area (Å²) in [5.74, 6) is -0.0971. The topological polar surface area (TPSA) is 90.9 Å². The average molecular weight is 556 g/mol. The molecule has 0 aliphatic carbocycles. The lowest BCUT2D eigenvalue weighted by atomic mass is 9.93. The Morgan fingerprint density at radius 2 is 1.95 bits per heavy atom. The van der Waals surface area contributed by atoms with E-state index < -0.39 is 6.10 Å². The number of hydrogen-bond donors (Lipinski definition) is 3. The van der Waals surface area contributed by atoms with E-state index >= 15 is 0 Å². The Bertz CT molecular complexity index is 1330. The van der Waals surface area contributed by atoms with Crippen molar-refractivity contribution in [2.45, 2.75) is 45.1 Å². The molecule has 3 aromatic carbocycles. The zero-order chi connectivity index (χ0) is 25.9. The molecule has 0 fully saturated rings. The molecule has 0 bridgehead atoms. The number of aliphatic hydroxyl groups excluding tert-OH is 1. The van der Waals surface area contributed by atoms with E-state index in [9.17, 15) is 14.7 Å². The lowest BCUT2D eigenvalue weighted by molar-refractivity contribution is 0.0766. The number of rotatable bonds is 8. The Hall–Kier alpha value is -3.10. The largest absolute Gasteiger partial charge is 0.493 e. The van der Waals surface area contributed by atoms with E-state index in [0.29, 0.717) is 54.6 Å². The molecule has 3 N–H and O–H groups in total. The van der Waals surface area contributed by atoms with Gasteiger partial charge in [0.25, 0.3) is 11.8 Å². The lowest BCUT2D eigenvalue weighted by Gasteiger charge is -2.30. The van der Waals surface area contributed by atoms with E-state index in [1.807, 2.05) is 37.3 Å². The van der Waals surface area contributed by atoms with Crippen LogP contribution >= 0.6 is 24.0 Å². The summed E-state index contributed by atoms with van der Waals surface area (Å²) in [7, 11) is 0. The van der Waals surface area contributed by atoms with Gasteiger partial charge >= 0.3 is 0 Å². The number of carbonyl (C=O) groups excluding carboxylic acids is 2. The summed E-state index contributed by atoms with van der Waals surface area (Å²) in [4.78, 5) is 28.0. The van der Waals surface area contributed by atoms with Gasteiger partial charge in [-0.05, 0) is 59.9 Å². The SMILES string of the molecule is CCOc1cc2c(cc1C(=O)NCC(O)C1Cc3ccccc3CN1)CN(Cc1cccc(Cl)c1)C2=O.Cl. The number of nitrogens with zero attached hydrogens (tertiary/aromatic N) is 1. The third kappa shape index (κ3) is 5.97. The maximum absolute atomic E-state index is 13.2. The Kier molecular flexibility index (Phi) is 8.95. The molecule has 7 nitrogen and oxygen atoms in total. The predicted molar refractivity (Wildman–Crippen MR) is 149 cm³/mol. The molecule has 3 aromatic rings. The molecule has 5 rings (SSSR count). The zero-order valence-electron chi connectivity index (χ0n) is 21.1. The van der Waals surface area contributed by atoms with Crippen LogP contribution in [0.4, 0.5) is 0 Å². The molecular weight excluding hydrogens is 525 g/mol. The standard InChI is InChI=1S/C29H30ClN3O4.ClH/c1-2-37-27-13-23-21(17-33(29(23)36)16-18-6-5-9-22(30)10-18)11-24(27)28(35)32-15-26(34)25-12-19-7-3-4-8-20(19)14-31-25;/h3-11,13,25-26,31,34H,2,12,14-17H2,1H3,(H,32,35);1H. The maximum Gasteiger partial charge on any atom is 0.255 e. The molecule has 0 aromatic heterocycles. The summed E-state index contributed by atoms with van der Waals surface area (Å²) < 4.78 is 5.74. The summed E-state index contributed by atoms with van der Waals surface area (Å²) in [5, 5.41) is 17.6. The first-order chi connectivity index (χ1) is 17.9. The van der Waals surface area contributed by atoms with E-state index in [1.54, 1.807) is 23.1 Å². The Balaban J connectivity index is 0.00000336. The second-order valence-corrected chi connectivity index (χ2v) is 9.90. The second-order valence-electron chi connectivity index (χ2n) is 9.47. The minimum absolute atomic E-state index is 0. The monoisotopic (exact) mass is 555 g/mol. The van der Waals surface area contributed by atoms with Crippen molar-refractivity contribution >= 4 is 35.8 Å². The second kappa shape index (κ2) is 12.2. The van der Waals surface area contributed by atoms with E-state index in [2.05, 4.69) is 22.8 Å². The number of carbonyl (C=O) groups is 2. The highest BCUT2D eigenvalue weighted by Gasteiger charge is 2.31. The molecule has 2 heterocycles. The number of nitrogens with one attached hydrogen (secondary N) is 2. The van der Waals surface area contributed by atoms with E-state index in [-0.39, 0.29) is 36.8 Å². The highest BCUT2D eigenvalue weighted by molar-refractivity contribution is 6.30. The number of amides is 2. The van der Waals surface area contributed by atoms with Crippen LogP contribution < -0.4 is 15.4 Å². The highest BCUT2D eigenvalue weighted by Crippen LogP contribution is 2.32. The number of ether oxygens (including phenoxy) is 1. The normalized spacial score (nSPS) is 16.8. The van der Waals surface area contributed by atoms with Crippen LogP contribution in [0.1, 0.15) is 49.9 Å².